The lowest BCUT2D eigenvalue weighted by Gasteiger charge is -2.41. The van der Waals surface area contributed by atoms with E-state index in [1.165, 1.54) is 11.6 Å². The summed E-state index contributed by atoms with van der Waals surface area (Å²) in [5, 5.41) is 15.3. The van der Waals surface area contributed by atoms with Crippen LogP contribution in [0.5, 0.6) is 0 Å². The van der Waals surface area contributed by atoms with Gasteiger partial charge in [0.05, 0.1) is 29.5 Å². The minimum Gasteiger partial charge on any atom is -0.480 e. The number of carboxylic acid groups (broad SMARTS) is 1. The van der Waals surface area contributed by atoms with Crippen LogP contribution in [0.25, 0.3) is 0 Å². The van der Waals surface area contributed by atoms with Gasteiger partial charge in [0.15, 0.2) is 0 Å². The zero-order valence-electron chi connectivity index (χ0n) is 29.3. The lowest BCUT2D eigenvalue weighted by atomic mass is 9.78. The maximum atomic E-state index is 14.1. The van der Waals surface area contributed by atoms with E-state index in [0.29, 0.717) is 38.0 Å². The third-order valence-corrected chi connectivity index (χ3v) is 11.8. The number of amides is 3. The molecule has 4 aliphatic heterocycles. The first-order valence-corrected chi connectivity index (χ1v) is 18.7. The normalized spacial score (nSPS) is 20.8. The zero-order valence-corrected chi connectivity index (χ0v) is 30.1. The molecule has 2 aromatic carbocycles. The molecular weight excluding hydrogens is 699 g/mol. The number of fused-ring (bicyclic) bond motifs is 1. The maximum Gasteiger partial charge on any atom is 0.418 e. The van der Waals surface area contributed by atoms with Gasteiger partial charge >= 0.3 is 18.2 Å². The summed E-state index contributed by atoms with van der Waals surface area (Å²) in [6, 6.07) is 9.30. The van der Waals surface area contributed by atoms with Gasteiger partial charge in [0.25, 0.3) is 0 Å². The molecule has 0 radical (unpaired) electrons. The molecule has 3 saturated heterocycles. The topological polar surface area (TPSA) is 134 Å². The average Bonchev–Trinajstić information content (AvgIpc) is 3.35. The van der Waals surface area contributed by atoms with E-state index < -0.39 is 35.5 Å². The van der Waals surface area contributed by atoms with Crippen molar-refractivity contribution in [2.45, 2.75) is 69.6 Å². The predicted molar refractivity (Wildman–Crippen MR) is 193 cm³/mol. The Kier molecular flexibility index (Phi) is 12.1. The van der Waals surface area contributed by atoms with Gasteiger partial charge in [-0.2, -0.15) is 13.2 Å². The first-order valence-electron chi connectivity index (χ1n) is 18.3. The van der Waals surface area contributed by atoms with Crippen LogP contribution in [0.15, 0.2) is 36.4 Å². The highest BCUT2D eigenvalue weighted by Gasteiger charge is 2.37. The molecule has 0 aliphatic carbocycles. The van der Waals surface area contributed by atoms with Crippen molar-refractivity contribution in [3.05, 3.63) is 58.1 Å². The number of carbonyl (C=O) groups excluding carboxylic acids is 2. The first-order chi connectivity index (χ1) is 24.9. The number of hydrogen-bond donors (Lipinski definition) is 4. The fourth-order valence-corrected chi connectivity index (χ4v) is 8.72. The number of hydrogen-bond acceptors (Lipinski definition) is 7. The van der Waals surface area contributed by atoms with Gasteiger partial charge in [-0.1, -0.05) is 29.8 Å². The molecule has 1 unspecified atom stereocenters. The van der Waals surface area contributed by atoms with E-state index in [1.807, 2.05) is 17.0 Å². The molecule has 284 valence electrons. The SMILES string of the molecule is Nc1c(Cl)cc(CC(NC(=O)N2CCC(N3CCc4ccccc4NC3)CC2)C(=O)N2CCC(C3CCN(CC(=O)O)CC3)CC2)cc1C(F)(F)F. The summed E-state index contributed by atoms with van der Waals surface area (Å²) in [6.07, 6.45) is 0.885. The molecule has 5 N–H and O–H groups in total. The number of nitrogens with zero attached hydrogens (tertiary/aromatic N) is 4. The molecule has 0 spiro atoms. The Hall–Kier alpha value is -3.75. The minimum absolute atomic E-state index is 0.0413. The van der Waals surface area contributed by atoms with Gasteiger partial charge in [0, 0.05) is 50.9 Å². The number of carbonyl (C=O) groups is 3. The van der Waals surface area contributed by atoms with E-state index >= 15 is 0 Å². The van der Waals surface area contributed by atoms with Crippen molar-refractivity contribution < 1.29 is 32.7 Å². The summed E-state index contributed by atoms with van der Waals surface area (Å²) in [5.41, 5.74) is 6.61. The second kappa shape index (κ2) is 16.5. The Morgan fingerprint density at radius 1 is 0.923 bits per heavy atom. The van der Waals surface area contributed by atoms with Crippen LogP contribution in [0, 0.1) is 11.8 Å². The van der Waals surface area contributed by atoms with Gasteiger partial charge in [0.2, 0.25) is 5.91 Å². The Morgan fingerprint density at radius 2 is 1.56 bits per heavy atom. The number of piperidine rings is 3. The highest BCUT2D eigenvalue weighted by Crippen LogP contribution is 2.38. The highest BCUT2D eigenvalue weighted by molar-refractivity contribution is 6.33. The van der Waals surface area contributed by atoms with Crippen molar-refractivity contribution in [3.8, 4) is 0 Å². The number of anilines is 2. The number of aliphatic carboxylic acids is 1. The summed E-state index contributed by atoms with van der Waals surface area (Å²) in [7, 11) is 0. The largest absolute Gasteiger partial charge is 0.480 e. The van der Waals surface area contributed by atoms with E-state index in [2.05, 4.69) is 27.7 Å². The number of urea groups is 1. The van der Waals surface area contributed by atoms with Crippen molar-refractivity contribution in [1.29, 1.82) is 0 Å². The van der Waals surface area contributed by atoms with Crippen LogP contribution in [0.3, 0.4) is 0 Å². The van der Waals surface area contributed by atoms with Crippen molar-refractivity contribution in [2.75, 3.05) is 70.1 Å². The molecule has 3 fully saturated rings. The van der Waals surface area contributed by atoms with Crippen LogP contribution in [0.4, 0.5) is 29.3 Å². The number of halogens is 4. The summed E-state index contributed by atoms with van der Waals surface area (Å²) in [6.45, 7) is 5.05. The van der Waals surface area contributed by atoms with Crippen LogP contribution < -0.4 is 16.4 Å². The van der Waals surface area contributed by atoms with Crippen LogP contribution in [0.1, 0.15) is 55.2 Å². The first kappa shape index (κ1) is 38.0. The second-order valence-electron chi connectivity index (χ2n) is 14.7. The number of nitrogen functional groups attached to an aromatic ring is 1. The Labute approximate surface area is 307 Å². The number of nitrogens with two attached hydrogens (primary N) is 1. The zero-order chi connectivity index (χ0) is 37.0. The summed E-state index contributed by atoms with van der Waals surface area (Å²) >= 11 is 6.15. The molecule has 0 bridgehead atoms. The number of likely N-dealkylation sites (tertiary alicyclic amines) is 3. The van der Waals surface area contributed by atoms with E-state index in [4.69, 9.17) is 22.4 Å². The molecule has 0 saturated carbocycles. The molecule has 4 heterocycles. The maximum absolute atomic E-state index is 14.1. The molecule has 3 amide bonds. The van der Waals surface area contributed by atoms with Gasteiger partial charge in [-0.15, -0.1) is 0 Å². The van der Waals surface area contributed by atoms with Gasteiger partial charge in [0.1, 0.15) is 6.04 Å². The van der Waals surface area contributed by atoms with Crippen molar-refractivity contribution in [3.63, 3.8) is 0 Å². The van der Waals surface area contributed by atoms with Crippen molar-refractivity contribution >= 4 is 40.9 Å². The Balaban J connectivity index is 1.09. The molecular formula is C37H49ClF3N7O4. The minimum atomic E-state index is -4.74. The molecule has 4 aliphatic rings. The van der Waals surface area contributed by atoms with Crippen LogP contribution in [-0.2, 0) is 28.6 Å². The molecule has 2 aromatic rings. The molecule has 1 atom stereocenters. The fourth-order valence-electron chi connectivity index (χ4n) is 8.47. The van der Waals surface area contributed by atoms with Crippen LogP contribution >= 0.6 is 11.6 Å². The van der Waals surface area contributed by atoms with Gasteiger partial charge in [-0.3, -0.25) is 19.4 Å². The number of benzene rings is 2. The number of rotatable bonds is 8. The van der Waals surface area contributed by atoms with E-state index in [9.17, 15) is 27.6 Å². The van der Waals surface area contributed by atoms with E-state index in [0.717, 1.165) is 83.0 Å². The standard InChI is InChI=1S/C37H49ClF3N7O4/c38-30-20-24(19-29(34(30)42)37(39,40)41)21-32(35(51)46-14-7-26(8-15-46)25-5-12-45(13-6-25)22-33(49)50)44-36(52)47-17-10-28(11-18-47)48-16-9-27-3-1-2-4-31(27)43-23-48/h1-4,19-20,25-26,28,32,43H,5-18,21-23,42H2,(H,44,52)(H,49,50). The number of alkyl halides is 3. The van der Waals surface area contributed by atoms with Crippen LogP contribution in [-0.4, -0.2) is 114 Å². The van der Waals surface area contributed by atoms with Crippen molar-refractivity contribution in [2.24, 2.45) is 11.8 Å². The molecule has 0 aromatic heterocycles. The third-order valence-electron chi connectivity index (χ3n) is 11.5. The Morgan fingerprint density at radius 3 is 2.21 bits per heavy atom. The molecule has 52 heavy (non-hydrogen) atoms. The second-order valence-corrected chi connectivity index (χ2v) is 15.1. The average molecular weight is 748 g/mol. The molecule has 11 nitrogen and oxygen atoms in total. The smallest absolute Gasteiger partial charge is 0.418 e. The lowest BCUT2D eigenvalue weighted by Crippen LogP contribution is -2.56. The van der Waals surface area contributed by atoms with Gasteiger partial charge in [-0.25, -0.2) is 4.79 Å². The van der Waals surface area contributed by atoms with Gasteiger partial charge < -0.3 is 31.3 Å². The van der Waals surface area contributed by atoms with Crippen LogP contribution in [0.2, 0.25) is 5.02 Å². The molecule has 6 rings (SSSR count). The number of carboxylic acids is 1. The third kappa shape index (κ3) is 9.24. The number of nitrogens with one attached hydrogen (secondary N) is 2. The predicted octanol–water partition coefficient (Wildman–Crippen LogP) is 4.99. The monoisotopic (exact) mass is 747 g/mol. The quantitative estimate of drug-likeness (QED) is 0.278. The summed E-state index contributed by atoms with van der Waals surface area (Å²) in [5.74, 6) is -0.331. The summed E-state index contributed by atoms with van der Waals surface area (Å²) in [4.78, 5) is 46.7. The lowest BCUT2D eigenvalue weighted by molar-refractivity contribution is -0.139. The molecule has 15 heteroatoms. The van der Waals surface area contributed by atoms with E-state index in [1.54, 1.807) is 9.80 Å². The van der Waals surface area contributed by atoms with E-state index in [-0.39, 0.29) is 35.5 Å². The van der Waals surface area contributed by atoms with Gasteiger partial charge in [-0.05, 0) is 99.2 Å². The fraction of sp³-hybridized carbons (Fsp3) is 0.595. The highest BCUT2D eigenvalue weighted by atomic mass is 35.5. The Bertz CT molecular complexity index is 1560. The number of para-hydroxylation sites is 1. The van der Waals surface area contributed by atoms with Crippen molar-refractivity contribution in [1.82, 2.24) is 24.9 Å². The summed E-state index contributed by atoms with van der Waals surface area (Å²) < 4.78 is 41.5.